The van der Waals surface area contributed by atoms with E-state index in [1.54, 1.807) is 18.2 Å². The highest BCUT2D eigenvalue weighted by Crippen LogP contribution is 2.38. The maximum atomic E-state index is 12.8. The third kappa shape index (κ3) is 2.78. The molecule has 27 heavy (non-hydrogen) atoms. The third-order valence-electron chi connectivity index (χ3n) is 5.17. The van der Waals surface area contributed by atoms with Crippen molar-refractivity contribution in [1.29, 1.82) is 0 Å². The van der Waals surface area contributed by atoms with Crippen LogP contribution in [0.5, 0.6) is 11.5 Å². The van der Waals surface area contributed by atoms with Gasteiger partial charge < -0.3 is 20.5 Å². The number of aryl methyl sites for hydroxylation is 1. The van der Waals surface area contributed by atoms with E-state index in [2.05, 4.69) is 18.3 Å². The van der Waals surface area contributed by atoms with Crippen molar-refractivity contribution in [3.63, 3.8) is 0 Å². The van der Waals surface area contributed by atoms with E-state index in [9.17, 15) is 4.79 Å². The molecule has 0 bridgehead atoms. The third-order valence-corrected chi connectivity index (χ3v) is 6.28. The normalized spacial score (nSPS) is 17.7. The molecule has 1 amide bonds. The summed E-state index contributed by atoms with van der Waals surface area (Å²) in [5, 5.41) is 3.77. The van der Waals surface area contributed by atoms with Crippen LogP contribution in [0.3, 0.4) is 0 Å². The van der Waals surface area contributed by atoms with Gasteiger partial charge in [0.05, 0.1) is 5.69 Å². The van der Waals surface area contributed by atoms with E-state index in [1.807, 2.05) is 0 Å². The van der Waals surface area contributed by atoms with Gasteiger partial charge in [-0.1, -0.05) is 6.92 Å². The summed E-state index contributed by atoms with van der Waals surface area (Å²) in [5.74, 6) is 1.73. The van der Waals surface area contributed by atoms with Gasteiger partial charge in [-0.05, 0) is 48.9 Å². The summed E-state index contributed by atoms with van der Waals surface area (Å²) in [7, 11) is 0. The number of nitrogens with zero attached hydrogens (tertiary/aromatic N) is 1. The molecule has 0 spiro atoms. The average Bonchev–Trinajstić information content (AvgIpc) is 3.24. The molecule has 3 aromatic rings. The van der Waals surface area contributed by atoms with Gasteiger partial charge in [-0.2, -0.15) is 0 Å². The lowest BCUT2D eigenvalue weighted by molar-refractivity contribution is 0.103. The Kier molecular flexibility index (Phi) is 3.72. The zero-order chi connectivity index (χ0) is 18.5. The van der Waals surface area contributed by atoms with Crippen LogP contribution in [0.25, 0.3) is 10.2 Å². The van der Waals surface area contributed by atoms with Crippen LogP contribution in [0.15, 0.2) is 24.3 Å². The zero-order valence-corrected chi connectivity index (χ0v) is 15.7. The van der Waals surface area contributed by atoms with Crippen molar-refractivity contribution in [3.05, 3.63) is 40.4 Å². The number of hydrogen-bond donors (Lipinski definition) is 2. The van der Waals surface area contributed by atoms with Gasteiger partial charge in [-0.3, -0.25) is 4.79 Å². The monoisotopic (exact) mass is 381 g/mol. The van der Waals surface area contributed by atoms with E-state index < -0.39 is 0 Å². The molecule has 0 saturated carbocycles. The van der Waals surface area contributed by atoms with Crippen LogP contribution >= 0.6 is 11.3 Å². The lowest BCUT2D eigenvalue weighted by atomic mass is 9.87. The molecule has 1 aromatic carbocycles. The number of amides is 1. The second-order valence-electron chi connectivity index (χ2n) is 7.16. The van der Waals surface area contributed by atoms with Crippen molar-refractivity contribution in [2.24, 2.45) is 5.92 Å². The van der Waals surface area contributed by atoms with Gasteiger partial charge in [0.25, 0.3) is 5.91 Å². The van der Waals surface area contributed by atoms with Gasteiger partial charge in [0, 0.05) is 22.8 Å². The highest BCUT2D eigenvalue weighted by molar-refractivity contribution is 7.21. The molecule has 1 unspecified atom stereocenters. The number of nitrogens with one attached hydrogen (secondary N) is 1. The predicted octanol–water partition coefficient (Wildman–Crippen LogP) is 3.98. The molecule has 3 N–H and O–H groups in total. The van der Waals surface area contributed by atoms with Gasteiger partial charge >= 0.3 is 0 Å². The molecule has 2 aromatic heterocycles. The molecule has 6 nitrogen and oxygen atoms in total. The number of anilines is 2. The van der Waals surface area contributed by atoms with Crippen LogP contribution < -0.4 is 20.5 Å². The highest BCUT2D eigenvalue weighted by atomic mass is 32.1. The first-order chi connectivity index (χ1) is 13.1. The minimum absolute atomic E-state index is 0.199. The van der Waals surface area contributed by atoms with E-state index in [4.69, 9.17) is 20.2 Å². The number of aromatic nitrogens is 1. The summed E-state index contributed by atoms with van der Waals surface area (Å²) in [6.45, 7) is 2.46. The summed E-state index contributed by atoms with van der Waals surface area (Å²) in [5.41, 5.74) is 9.86. The number of hydrogen-bond acceptors (Lipinski definition) is 6. The highest BCUT2D eigenvalue weighted by Gasteiger charge is 2.23. The Hall–Kier alpha value is -2.80. The number of nitrogen functional groups attached to an aromatic ring is 1. The molecule has 7 heteroatoms. The Morgan fingerprint density at radius 1 is 1.30 bits per heavy atom. The molecule has 5 rings (SSSR count). The molecule has 1 aliphatic carbocycles. The van der Waals surface area contributed by atoms with Crippen molar-refractivity contribution in [2.75, 3.05) is 17.8 Å². The van der Waals surface area contributed by atoms with E-state index in [1.165, 1.54) is 16.9 Å². The number of carbonyl (C=O) groups is 1. The van der Waals surface area contributed by atoms with Crippen LogP contribution in [0.2, 0.25) is 0 Å². The Morgan fingerprint density at radius 2 is 2.15 bits per heavy atom. The number of benzene rings is 1. The van der Waals surface area contributed by atoms with Gasteiger partial charge in [-0.15, -0.1) is 11.3 Å². The van der Waals surface area contributed by atoms with Crippen molar-refractivity contribution in [2.45, 2.75) is 26.2 Å². The quantitative estimate of drug-likeness (QED) is 0.701. The number of nitrogens with two attached hydrogens (primary N) is 1. The van der Waals surface area contributed by atoms with E-state index >= 15 is 0 Å². The Labute approximate surface area is 160 Å². The standard InChI is InChI=1S/C20H19N3O3S/c1-10-2-4-14-11(6-10)7-13-17(21)18(27-20(13)23-14)19(24)22-12-3-5-15-16(8-12)26-9-25-15/h3,5,7-8,10H,2,4,6,9,21H2,1H3,(H,22,24). The summed E-state index contributed by atoms with van der Waals surface area (Å²) in [6, 6.07) is 7.44. The van der Waals surface area contributed by atoms with Gasteiger partial charge in [0.2, 0.25) is 6.79 Å². The van der Waals surface area contributed by atoms with Gasteiger partial charge in [-0.25, -0.2) is 4.98 Å². The lowest BCUT2D eigenvalue weighted by Crippen LogP contribution is -2.12. The number of thiophene rings is 1. The maximum Gasteiger partial charge on any atom is 0.267 e. The molecule has 0 saturated heterocycles. The Balaban J connectivity index is 1.47. The largest absolute Gasteiger partial charge is 0.454 e. The summed E-state index contributed by atoms with van der Waals surface area (Å²) in [6.07, 6.45) is 3.17. The first-order valence-electron chi connectivity index (χ1n) is 9.00. The molecular formula is C20H19N3O3S. The zero-order valence-electron chi connectivity index (χ0n) is 14.9. The molecule has 2 aliphatic rings. The molecule has 3 heterocycles. The number of fused-ring (bicyclic) bond motifs is 3. The van der Waals surface area contributed by atoms with Crippen molar-refractivity contribution in [3.8, 4) is 11.5 Å². The fourth-order valence-corrected chi connectivity index (χ4v) is 4.69. The summed E-state index contributed by atoms with van der Waals surface area (Å²) >= 11 is 1.35. The second kappa shape index (κ2) is 6.13. The first kappa shape index (κ1) is 16.4. The van der Waals surface area contributed by atoms with Crippen LogP contribution in [-0.2, 0) is 12.8 Å². The predicted molar refractivity (Wildman–Crippen MR) is 106 cm³/mol. The maximum absolute atomic E-state index is 12.8. The van der Waals surface area contributed by atoms with Gasteiger partial charge in [0.1, 0.15) is 9.71 Å². The summed E-state index contributed by atoms with van der Waals surface area (Å²) < 4.78 is 10.7. The van der Waals surface area contributed by atoms with Crippen molar-refractivity contribution < 1.29 is 14.3 Å². The van der Waals surface area contributed by atoms with Crippen LogP contribution in [0.1, 0.15) is 34.3 Å². The molecule has 0 fully saturated rings. The van der Waals surface area contributed by atoms with E-state index in [0.717, 1.165) is 35.2 Å². The lowest BCUT2D eigenvalue weighted by Gasteiger charge is -2.20. The van der Waals surface area contributed by atoms with Crippen molar-refractivity contribution in [1.82, 2.24) is 4.98 Å². The van der Waals surface area contributed by atoms with Gasteiger partial charge in [0.15, 0.2) is 11.5 Å². The number of pyridine rings is 1. The average molecular weight is 381 g/mol. The van der Waals surface area contributed by atoms with Crippen LogP contribution in [0.4, 0.5) is 11.4 Å². The van der Waals surface area contributed by atoms with Crippen LogP contribution in [0, 0.1) is 5.92 Å². The number of ether oxygens (including phenoxy) is 2. The molecular weight excluding hydrogens is 362 g/mol. The van der Waals surface area contributed by atoms with Crippen molar-refractivity contribution >= 4 is 38.8 Å². The topological polar surface area (TPSA) is 86.5 Å². The Morgan fingerprint density at radius 3 is 3.04 bits per heavy atom. The fraction of sp³-hybridized carbons (Fsp3) is 0.300. The second-order valence-corrected chi connectivity index (χ2v) is 8.16. The first-order valence-corrected chi connectivity index (χ1v) is 9.82. The SMILES string of the molecule is CC1CCc2nc3sc(C(=O)Nc4ccc5c(c4)OCO5)c(N)c3cc2C1. The molecule has 1 atom stereocenters. The Bertz CT molecular complexity index is 1080. The minimum atomic E-state index is -0.235. The summed E-state index contributed by atoms with van der Waals surface area (Å²) in [4.78, 5) is 18.9. The van der Waals surface area contributed by atoms with E-state index in [-0.39, 0.29) is 12.7 Å². The molecule has 1 aliphatic heterocycles. The molecule has 0 radical (unpaired) electrons. The number of carbonyl (C=O) groups excluding carboxylic acids is 1. The smallest absolute Gasteiger partial charge is 0.267 e. The van der Waals surface area contributed by atoms with Crippen LogP contribution in [-0.4, -0.2) is 17.7 Å². The molecule has 138 valence electrons. The minimum Gasteiger partial charge on any atom is -0.454 e. The fourth-order valence-electron chi connectivity index (χ4n) is 3.70. The van der Waals surface area contributed by atoms with E-state index in [0.29, 0.717) is 33.7 Å². The number of rotatable bonds is 2.